The van der Waals surface area contributed by atoms with Crippen LogP contribution in [0.5, 0.6) is 0 Å². The molecule has 0 aliphatic rings. The zero-order chi connectivity index (χ0) is 21.3. The summed E-state index contributed by atoms with van der Waals surface area (Å²) in [6, 6.07) is 8.04. The van der Waals surface area contributed by atoms with Gasteiger partial charge in [-0.15, -0.1) is 0 Å². The van der Waals surface area contributed by atoms with Crippen LogP contribution in [0.1, 0.15) is 20.3 Å². The Hall–Kier alpha value is -3.81. The van der Waals surface area contributed by atoms with Crippen molar-refractivity contribution in [1.29, 1.82) is 0 Å². The molecule has 0 radical (unpaired) electrons. The number of benzene rings is 1. The van der Waals surface area contributed by atoms with Crippen LogP contribution >= 0.6 is 0 Å². The fourth-order valence-electron chi connectivity index (χ4n) is 3.23. The van der Waals surface area contributed by atoms with E-state index >= 15 is 0 Å². The summed E-state index contributed by atoms with van der Waals surface area (Å²) in [5.74, 6) is 0.215. The van der Waals surface area contributed by atoms with Crippen molar-refractivity contribution < 1.29 is 4.79 Å². The van der Waals surface area contributed by atoms with E-state index in [9.17, 15) is 4.79 Å². The average Bonchev–Trinajstić information content (AvgIpc) is 3.43. The van der Waals surface area contributed by atoms with Gasteiger partial charge in [0, 0.05) is 54.1 Å². The fraction of sp³-hybridized carbons (Fsp3) is 0.227. The predicted octanol–water partition coefficient (Wildman–Crippen LogP) is 3.02. The highest BCUT2D eigenvalue weighted by Crippen LogP contribution is 2.26. The second kappa shape index (κ2) is 7.55. The van der Waals surface area contributed by atoms with E-state index in [2.05, 4.69) is 20.2 Å². The van der Waals surface area contributed by atoms with Gasteiger partial charge in [-0.05, 0) is 25.0 Å². The number of carbonyl (C=O) groups excluding carboxylic acids is 1. The highest BCUT2D eigenvalue weighted by molar-refractivity contribution is 5.82. The molecule has 30 heavy (non-hydrogen) atoms. The molecule has 0 bridgehead atoms. The lowest BCUT2D eigenvalue weighted by Gasteiger charge is -2.24. The van der Waals surface area contributed by atoms with Crippen molar-refractivity contribution >= 4 is 5.91 Å². The maximum absolute atomic E-state index is 11.9. The molecular formula is C22H23N7O. The van der Waals surface area contributed by atoms with Crippen molar-refractivity contribution in [1.82, 2.24) is 29.5 Å². The van der Waals surface area contributed by atoms with Crippen LogP contribution in [0.15, 0.2) is 61.4 Å². The van der Waals surface area contributed by atoms with Gasteiger partial charge in [0.05, 0.1) is 12.4 Å². The largest absolute Gasteiger partial charge is 0.368 e. The Labute approximate surface area is 174 Å². The first kappa shape index (κ1) is 19.5. The van der Waals surface area contributed by atoms with Crippen molar-refractivity contribution in [3.05, 3.63) is 61.4 Å². The van der Waals surface area contributed by atoms with Crippen molar-refractivity contribution in [2.24, 2.45) is 12.8 Å². The lowest BCUT2D eigenvalue weighted by Crippen LogP contribution is -2.43. The normalized spacial score (nSPS) is 13.2. The summed E-state index contributed by atoms with van der Waals surface area (Å²) in [5, 5.41) is 8.56. The highest BCUT2D eigenvalue weighted by Gasteiger charge is 2.32. The van der Waals surface area contributed by atoms with E-state index in [1.54, 1.807) is 41.1 Å². The number of amides is 1. The van der Waals surface area contributed by atoms with E-state index in [-0.39, 0.29) is 0 Å². The fourth-order valence-corrected chi connectivity index (χ4v) is 3.23. The molecule has 2 N–H and O–H groups in total. The molecule has 4 aromatic rings. The number of nitrogens with two attached hydrogens (primary N) is 1. The summed E-state index contributed by atoms with van der Waals surface area (Å²) in [6.45, 7) is 3.69. The van der Waals surface area contributed by atoms with E-state index in [0.29, 0.717) is 12.2 Å². The zero-order valence-corrected chi connectivity index (χ0v) is 17.1. The predicted molar refractivity (Wildman–Crippen MR) is 114 cm³/mol. The van der Waals surface area contributed by atoms with Crippen LogP contribution in [0.3, 0.4) is 0 Å². The lowest BCUT2D eigenvalue weighted by atomic mass is 9.98. The third kappa shape index (κ3) is 3.47. The molecule has 3 aromatic heterocycles. The number of aryl methyl sites for hydroxylation is 1. The van der Waals surface area contributed by atoms with E-state index < -0.39 is 11.4 Å². The van der Waals surface area contributed by atoms with Crippen LogP contribution < -0.4 is 5.73 Å². The van der Waals surface area contributed by atoms with Crippen LogP contribution in [0, 0.1) is 0 Å². The Morgan fingerprint density at radius 2 is 1.63 bits per heavy atom. The van der Waals surface area contributed by atoms with Crippen LogP contribution in [-0.4, -0.2) is 35.4 Å². The lowest BCUT2D eigenvalue weighted by molar-refractivity contribution is -0.126. The minimum absolute atomic E-state index is 0.417. The molecule has 1 aromatic carbocycles. The average molecular weight is 401 g/mol. The first-order valence-electron chi connectivity index (χ1n) is 9.67. The monoisotopic (exact) mass is 401 g/mol. The van der Waals surface area contributed by atoms with Gasteiger partial charge >= 0.3 is 0 Å². The summed E-state index contributed by atoms with van der Waals surface area (Å²) in [5.41, 5.74) is 9.36. The maximum atomic E-state index is 11.9. The number of hydrogen-bond donors (Lipinski definition) is 1. The molecule has 4 rings (SSSR count). The molecule has 1 amide bonds. The Morgan fingerprint density at radius 1 is 0.967 bits per heavy atom. The van der Waals surface area contributed by atoms with E-state index in [1.165, 1.54) is 0 Å². The molecule has 3 heterocycles. The summed E-state index contributed by atoms with van der Waals surface area (Å²) >= 11 is 0. The smallest absolute Gasteiger partial charge is 0.245 e. The summed E-state index contributed by atoms with van der Waals surface area (Å²) in [7, 11) is 1.89. The molecule has 8 heteroatoms. The van der Waals surface area contributed by atoms with E-state index in [1.807, 2.05) is 50.6 Å². The zero-order valence-electron chi connectivity index (χ0n) is 17.1. The van der Waals surface area contributed by atoms with Gasteiger partial charge in [0.25, 0.3) is 0 Å². The number of aromatic nitrogens is 6. The number of nitrogens with zero attached hydrogens (tertiary/aromatic N) is 6. The van der Waals surface area contributed by atoms with Gasteiger partial charge in [0.1, 0.15) is 5.54 Å². The molecule has 1 unspecified atom stereocenters. The molecule has 0 spiro atoms. The van der Waals surface area contributed by atoms with Gasteiger partial charge in [-0.25, -0.2) is 9.97 Å². The molecule has 0 aliphatic carbocycles. The van der Waals surface area contributed by atoms with Crippen molar-refractivity contribution in [2.75, 3.05) is 0 Å². The highest BCUT2D eigenvalue weighted by atomic mass is 16.1. The van der Waals surface area contributed by atoms with Gasteiger partial charge in [0.15, 0.2) is 5.82 Å². The van der Waals surface area contributed by atoms with Crippen LogP contribution in [0.25, 0.3) is 33.6 Å². The van der Waals surface area contributed by atoms with Gasteiger partial charge in [-0.3, -0.25) is 14.2 Å². The number of carbonyl (C=O) groups is 1. The minimum Gasteiger partial charge on any atom is -0.368 e. The van der Waals surface area contributed by atoms with E-state index in [4.69, 9.17) is 5.73 Å². The first-order chi connectivity index (χ1) is 14.4. The summed E-state index contributed by atoms with van der Waals surface area (Å²) in [6.07, 6.45) is 11.4. The van der Waals surface area contributed by atoms with Crippen LogP contribution in [0.4, 0.5) is 0 Å². The third-order valence-electron chi connectivity index (χ3n) is 5.45. The molecule has 0 fully saturated rings. The summed E-state index contributed by atoms with van der Waals surface area (Å²) < 4.78 is 3.38. The topological polar surface area (TPSA) is 105 Å². The molecule has 8 nitrogen and oxygen atoms in total. The SMILES string of the molecule is CCC(C)(C(N)=O)n1cc(-c2cnc(-c3cccc(-c4cnn(C)c4)c3)nc2)cn1. The number of primary amides is 1. The number of hydrogen-bond acceptors (Lipinski definition) is 5. The molecule has 0 saturated carbocycles. The standard InChI is InChI=1S/C22H23N7O/c1-4-22(2,21(23)30)29-14-19(12-27-29)17-9-24-20(25-10-17)16-7-5-6-15(8-16)18-11-26-28(3)13-18/h5-14H,4H2,1-3H3,(H2,23,30). The Balaban J connectivity index is 1.61. The third-order valence-corrected chi connectivity index (χ3v) is 5.45. The number of rotatable bonds is 6. The van der Waals surface area contributed by atoms with Crippen LogP contribution in [0.2, 0.25) is 0 Å². The van der Waals surface area contributed by atoms with Gasteiger partial charge < -0.3 is 5.73 Å². The maximum Gasteiger partial charge on any atom is 0.245 e. The second-order valence-corrected chi connectivity index (χ2v) is 7.44. The van der Waals surface area contributed by atoms with Gasteiger partial charge in [-0.2, -0.15) is 10.2 Å². The quantitative estimate of drug-likeness (QED) is 0.535. The van der Waals surface area contributed by atoms with Crippen molar-refractivity contribution in [2.45, 2.75) is 25.8 Å². The molecular weight excluding hydrogens is 378 g/mol. The van der Waals surface area contributed by atoms with Gasteiger partial charge in [-0.1, -0.05) is 25.1 Å². The minimum atomic E-state index is -0.869. The van der Waals surface area contributed by atoms with Crippen molar-refractivity contribution in [3.8, 4) is 33.6 Å². The Kier molecular flexibility index (Phi) is 4.91. The Bertz CT molecular complexity index is 1190. The summed E-state index contributed by atoms with van der Waals surface area (Å²) in [4.78, 5) is 20.9. The van der Waals surface area contributed by atoms with Gasteiger partial charge in [0.2, 0.25) is 5.91 Å². The second-order valence-electron chi connectivity index (χ2n) is 7.44. The first-order valence-corrected chi connectivity index (χ1v) is 9.67. The Morgan fingerprint density at radius 3 is 2.27 bits per heavy atom. The molecule has 1 atom stereocenters. The van der Waals surface area contributed by atoms with Crippen LogP contribution in [-0.2, 0) is 17.4 Å². The molecule has 0 saturated heterocycles. The molecule has 152 valence electrons. The van der Waals surface area contributed by atoms with Crippen molar-refractivity contribution in [3.63, 3.8) is 0 Å². The molecule has 0 aliphatic heterocycles. The van der Waals surface area contributed by atoms with E-state index in [0.717, 1.165) is 27.8 Å².